The van der Waals surface area contributed by atoms with Crippen LogP contribution in [-0.2, 0) is 23.4 Å². The molecule has 1 fully saturated rings. The topological polar surface area (TPSA) is 175 Å². The van der Waals surface area contributed by atoms with Crippen LogP contribution in [0.4, 0.5) is 4.39 Å². The lowest BCUT2D eigenvalue weighted by Gasteiger charge is -2.23. The maximum absolute atomic E-state index is 15.6. The fraction of sp³-hybridized carbons (Fsp3) is 0.290. The van der Waals surface area contributed by atoms with Gasteiger partial charge in [0, 0.05) is 17.8 Å². The van der Waals surface area contributed by atoms with Crippen molar-refractivity contribution in [2.24, 2.45) is 0 Å². The number of ether oxygens (including phenoxy) is 2. The summed E-state index contributed by atoms with van der Waals surface area (Å²) in [5.74, 6) is -1.70. The Morgan fingerprint density at radius 1 is 1.11 bits per heavy atom. The molecule has 1 aliphatic rings. The number of hydrogen-bond acceptors (Lipinski definition) is 10. The van der Waals surface area contributed by atoms with Gasteiger partial charge in [0.05, 0.1) is 6.10 Å². The van der Waals surface area contributed by atoms with Crippen LogP contribution in [0.15, 0.2) is 94.5 Å². The van der Waals surface area contributed by atoms with Crippen molar-refractivity contribution in [3.63, 3.8) is 0 Å². The number of nitrogens with zero attached hydrogens (tertiary/aromatic N) is 1. The molecule has 0 aliphatic carbocycles. The highest BCUT2D eigenvalue weighted by molar-refractivity contribution is 7.52. The van der Waals surface area contributed by atoms with E-state index in [9.17, 15) is 28.8 Å². The zero-order chi connectivity index (χ0) is 33.6. The average Bonchev–Trinajstić information content (AvgIpc) is 3.23. The van der Waals surface area contributed by atoms with Crippen molar-refractivity contribution in [1.29, 1.82) is 0 Å². The summed E-state index contributed by atoms with van der Waals surface area (Å²) in [4.78, 5) is 50.8. The molecule has 15 heteroatoms. The second-order valence-corrected chi connectivity index (χ2v) is 12.4. The summed E-state index contributed by atoms with van der Waals surface area (Å²) in [6.07, 6.45) is 0.444. The highest BCUT2D eigenvalue weighted by Gasteiger charge is 2.54. The van der Waals surface area contributed by atoms with Crippen molar-refractivity contribution in [2.45, 2.75) is 57.8 Å². The van der Waals surface area contributed by atoms with Crippen LogP contribution in [0.25, 0.3) is 6.08 Å². The molecular weight excluding hydrogens is 624 g/mol. The van der Waals surface area contributed by atoms with Gasteiger partial charge in [-0.05, 0) is 63.6 Å². The summed E-state index contributed by atoms with van der Waals surface area (Å²) in [6, 6.07) is 14.5. The van der Waals surface area contributed by atoms with Crippen molar-refractivity contribution in [2.75, 3.05) is 0 Å². The van der Waals surface area contributed by atoms with Crippen LogP contribution in [0, 0.1) is 0 Å². The predicted molar refractivity (Wildman–Crippen MR) is 164 cm³/mol. The molecule has 2 aromatic carbocycles. The molecule has 2 heterocycles. The number of carbonyl (C=O) groups is 2. The molecule has 4 rings (SSSR count). The Kier molecular flexibility index (Phi) is 10.5. The number of aliphatic hydroxyl groups is 1. The molecule has 13 nitrogen and oxygen atoms in total. The molecule has 0 saturated carbocycles. The summed E-state index contributed by atoms with van der Waals surface area (Å²) in [5.41, 5.74) is -3.20. The van der Waals surface area contributed by atoms with Crippen molar-refractivity contribution < 1.29 is 42.2 Å². The lowest BCUT2D eigenvalue weighted by molar-refractivity contribution is -0.149. The molecular formula is C31H33FN3O10P. The molecule has 3 N–H and O–H groups in total. The zero-order valence-electron chi connectivity index (χ0n) is 25.3. The first-order valence-electron chi connectivity index (χ1n) is 14.1. The number of rotatable bonds is 12. The van der Waals surface area contributed by atoms with Crippen LogP contribution in [-0.4, -0.2) is 50.3 Å². The molecule has 0 bridgehead atoms. The molecule has 0 radical (unpaired) electrons. The number of nitrogens with one attached hydrogen (secondary N) is 2. The van der Waals surface area contributed by atoms with E-state index < -0.39 is 60.9 Å². The van der Waals surface area contributed by atoms with E-state index in [0.717, 1.165) is 29.3 Å². The molecule has 5 atom stereocenters. The minimum Gasteiger partial charge on any atom is -0.465 e. The van der Waals surface area contributed by atoms with E-state index in [4.69, 9.17) is 18.5 Å². The Labute approximate surface area is 262 Å². The summed E-state index contributed by atoms with van der Waals surface area (Å²) >= 11 is 0. The fourth-order valence-corrected chi connectivity index (χ4v) is 5.61. The van der Waals surface area contributed by atoms with Crippen LogP contribution in [0.5, 0.6) is 5.75 Å². The van der Waals surface area contributed by atoms with Gasteiger partial charge in [-0.2, -0.15) is 5.09 Å². The van der Waals surface area contributed by atoms with Gasteiger partial charge in [-0.3, -0.25) is 23.9 Å². The Morgan fingerprint density at radius 2 is 1.78 bits per heavy atom. The third kappa shape index (κ3) is 8.27. The van der Waals surface area contributed by atoms with E-state index in [0.29, 0.717) is 11.8 Å². The van der Waals surface area contributed by atoms with Crippen LogP contribution in [0.3, 0.4) is 0 Å². The van der Waals surface area contributed by atoms with E-state index in [2.05, 4.69) is 5.09 Å². The summed E-state index contributed by atoms with van der Waals surface area (Å²) in [5, 5.41) is 13.1. The quantitative estimate of drug-likeness (QED) is 0.0843. The maximum Gasteiger partial charge on any atom is 0.513 e. The molecule has 0 amide bonds. The Hall–Kier alpha value is -4.78. The van der Waals surface area contributed by atoms with Crippen LogP contribution < -0.4 is 20.9 Å². The van der Waals surface area contributed by atoms with E-state index >= 15 is 4.39 Å². The summed E-state index contributed by atoms with van der Waals surface area (Å²) in [6.45, 7) is 5.54. The Morgan fingerprint density at radius 3 is 2.41 bits per heavy atom. The zero-order valence-corrected chi connectivity index (χ0v) is 26.2. The van der Waals surface area contributed by atoms with Crippen molar-refractivity contribution >= 4 is 25.6 Å². The van der Waals surface area contributed by atoms with Crippen LogP contribution in [0.2, 0.25) is 0 Å². The first-order chi connectivity index (χ1) is 21.7. The number of aromatic amines is 1. The summed E-state index contributed by atoms with van der Waals surface area (Å²) in [7, 11) is -4.57. The molecule has 46 heavy (non-hydrogen) atoms. The molecule has 3 aromatic rings. The molecule has 1 saturated heterocycles. The van der Waals surface area contributed by atoms with Gasteiger partial charge in [-0.1, -0.05) is 36.4 Å². The lowest BCUT2D eigenvalue weighted by Crippen LogP contribution is -2.42. The molecule has 0 spiro atoms. The number of halogens is 1. The van der Waals surface area contributed by atoms with Gasteiger partial charge in [-0.25, -0.2) is 13.8 Å². The number of aromatic nitrogens is 2. The molecule has 1 unspecified atom stereocenters. The monoisotopic (exact) mass is 657 g/mol. The predicted octanol–water partition coefficient (Wildman–Crippen LogP) is 4.03. The SMILES string of the molecule is CC(C)OC(=O)[C@H](C)NP(=O)(O/C=C1/O[C@@H](n2ccc(=O)[nH]c2=O)[C@](C)(F)[C@@H]1O)Oc1ccc(C(=O)/C=C/c2ccccc2)cc1. The number of aliphatic hydroxyl groups excluding tert-OH is 1. The Balaban J connectivity index is 1.57. The van der Waals surface area contributed by atoms with Crippen molar-refractivity contribution in [3.8, 4) is 5.75 Å². The lowest BCUT2D eigenvalue weighted by atomic mass is 10.0. The van der Waals surface area contributed by atoms with Gasteiger partial charge < -0.3 is 23.6 Å². The number of hydrogen-bond donors (Lipinski definition) is 3. The number of carbonyl (C=O) groups excluding carboxylic acids is 2. The average molecular weight is 658 g/mol. The number of benzene rings is 2. The number of ketones is 1. The summed E-state index contributed by atoms with van der Waals surface area (Å²) < 4.78 is 51.8. The first-order valence-corrected chi connectivity index (χ1v) is 15.6. The minimum atomic E-state index is -4.57. The van der Waals surface area contributed by atoms with E-state index in [1.165, 1.54) is 37.3 Å². The maximum atomic E-state index is 15.6. The van der Waals surface area contributed by atoms with E-state index in [-0.39, 0.29) is 11.5 Å². The van der Waals surface area contributed by atoms with Gasteiger partial charge in [0.25, 0.3) is 5.56 Å². The van der Waals surface area contributed by atoms with Gasteiger partial charge >= 0.3 is 19.4 Å². The standard InChI is InChI=1S/C31H33FN3O10P/c1-19(2)43-28(39)20(3)34-46(41,45-23-13-11-22(12-14-23)24(36)15-10-21-8-6-5-7-9-21)42-18-25-27(38)31(4,32)29(44-25)35-17-16-26(37)33-30(35)40/h5-20,27,29,38H,1-4H3,(H,34,41)(H,33,37,40)/b15-10+,25-18+/t20-,27+,29+,31+,46?/m0/s1. The highest BCUT2D eigenvalue weighted by Crippen LogP contribution is 2.48. The van der Waals surface area contributed by atoms with Crippen LogP contribution >= 0.6 is 7.75 Å². The van der Waals surface area contributed by atoms with E-state index in [1.54, 1.807) is 19.9 Å². The third-order valence-electron chi connectivity index (χ3n) is 6.59. The molecule has 1 aromatic heterocycles. The van der Waals surface area contributed by atoms with Crippen molar-refractivity contribution in [1.82, 2.24) is 14.6 Å². The number of allylic oxidation sites excluding steroid dienone is 1. The third-order valence-corrected chi connectivity index (χ3v) is 8.13. The fourth-order valence-electron chi connectivity index (χ4n) is 4.23. The van der Waals surface area contributed by atoms with Gasteiger partial charge in [0.15, 0.2) is 23.3 Å². The second kappa shape index (κ2) is 14.1. The molecule has 244 valence electrons. The number of H-pyrrole nitrogens is 1. The number of esters is 1. The van der Waals surface area contributed by atoms with Crippen LogP contribution in [0.1, 0.15) is 49.8 Å². The van der Waals surface area contributed by atoms with Gasteiger partial charge in [0.2, 0.25) is 6.23 Å². The minimum absolute atomic E-state index is 0.0388. The largest absolute Gasteiger partial charge is 0.513 e. The van der Waals surface area contributed by atoms with Gasteiger partial charge in [0.1, 0.15) is 18.1 Å². The second-order valence-electron chi connectivity index (χ2n) is 10.7. The van der Waals surface area contributed by atoms with Crippen molar-refractivity contribution in [3.05, 3.63) is 117 Å². The van der Waals surface area contributed by atoms with E-state index in [1.807, 2.05) is 35.3 Å². The highest BCUT2D eigenvalue weighted by atomic mass is 31.2. The smallest absolute Gasteiger partial charge is 0.465 e. The first kappa shape index (κ1) is 34.1. The molecule has 1 aliphatic heterocycles. The number of alkyl halides is 1. The normalized spacial score (nSPS) is 22.3. The Bertz CT molecular complexity index is 1780. The van der Waals surface area contributed by atoms with Gasteiger partial charge in [-0.15, -0.1) is 0 Å².